The van der Waals surface area contributed by atoms with Gasteiger partial charge in [-0.3, -0.25) is 4.79 Å². The zero-order chi connectivity index (χ0) is 13.1. The number of hydrogen-bond donors (Lipinski definition) is 2. The van der Waals surface area contributed by atoms with Crippen molar-refractivity contribution in [1.29, 1.82) is 0 Å². The van der Waals surface area contributed by atoms with Crippen molar-refractivity contribution in [1.82, 2.24) is 15.3 Å². The quantitative estimate of drug-likeness (QED) is 0.909. The molecule has 6 heteroatoms. The van der Waals surface area contributed by atoms with Crippen LogP contribution >= 0.6 is 23.2 Å². The van der Waals surface area contributed by atoms with Gasteiger partial charge < -0.3 is 10.3 Å². The lowest BCUT2D eigenvalue weighted by atomic mass is 10.2. The first-order valence-corrected chi connectivity index (χ1v) is 6.08. The Labute approximate surface area is 114 Å². The summed E-state index contributed by atoms with van der Waals surface area (Å²) < 4.78 is 0. The number of nitrogens with one attached hydrogen (secondary N) is 2. The van der Waals surface area contributed by atoms with Crippen LogP contribution in [0.1, 0.15) is 29.1 Å². The molecule has 2 N–H and O–H groups in total. The van der Waals surface area contributed by atoms with Crippen LogP contribution in [0.2, 0.25) is 10.0 Å². The van der Waals surface area contributed by atoms with Crippen LogP contribution in [-0.4, -0.2) is 15.9 Å². The third-order valence-electron chi connectivity index (χ3n) is 2.40. The van der Waals surface area contributed by atoms with Gasteiger partial charge in [-0.25, -0.2) is 4.98 Å². The highest BCUT2D eigenvalue weighted by molar-refractivity contribution is 6.35. The highest BCUT2D eigenvalue weighted by Crippen LogP contribution is 2.19. The van der Waals surface area contributed by atoms with Gasteiger partial charge in [-0.2, -0.15) is 0 Å². The molecule has 0 aliphatic carbocycles. The number of H-pyrrole nitrogens is 1. The fourth-order valence-electron chi connectivity index (χ4n) is 1.55. The molecule has 2 rings (SSSR count). The number of carbonyl (C=O) groups excluding carboxylic acids is 1. The molecule has 4 nitrogen and oxygen atoms in total. The van der Waals surface area contributed by atoms with Crippen molar-refractivity contribution in [3.05, 3.63) is 52.0 Å². The molecule has 0 bridgehead atoms. The smallest absolute Gasteiger partial charge is 0.251 e. The minimum Gasteiger partial charge on any atom is -0.347 e. The van der Waals surface area contributed by atoms with Gasteiger partial charge in [0.05, 0.1) is 6.04 Å². The fourth-order valence-corrected chi connectivity index (χ4v) is 2.07. The van der Waals surface area contributed by atoms with Crippen LogP contribution in [0.15, 0.2) is 30.6 Å². The zero-order valence-electron chi connectivity index (χ0n) is 9.58. The Morgan fingerprint density at radius 2 is 2.00 bits per heavy atom. The minimum absolute atomic E-state index is 0.217. The zero-order valence-corrected chi connectivity index (χ0v) is 11.1. The second-order valence-electron chi connectivity index (χ2n) is 3.83. The molecular formula is C12H11Cl2N3O. The molecule has 1 unspecified atom stereocenters. The first-order valence-electron chi connectivity index (χ1n) is 5.32. The molecule has 0 spiro atoms. The minimum atomic E-state index is -0.247. The van der Waals surface area contributed by atoms with Gasteiger partial charge in [-0.1, -0.05) is 23.2 Å². The van der Waals surface area contributed by atoms with Crippen LogP contribution in [0.5, 0.6) is 0 Å². The first-order chi connectivity index (χ1) is 8.56. The maximum absolute atomic E-state index is 12.0. The second-order valence-corrected chi connectivity index (χ2v) is 4.70. The maximum Gasteiger partial charge on any atom is 0.251 e. The first kappa shape index (κ1) is 12.9. The Hall–Kier alpha value is -1.52. The maximum atomic E-state index is 12.0. The van der Waals surface area contributed by atoms with E-state index in [2.05, 4.69) is 15.3 Å². The van der Waals surface area contributed by atoms with E-state index in [0.29, 0.717) is 21.4 Å². The van der Waals surface area contributed by atoms with Gasteiger partial charge in [0, 0.05) is 28.0 Å². The normalized spacial score (nSPS) is 12.2. The molecule has 0 fully saturated rings. The van der Waals surface area contributed by atoms with E-state index in [1.165, 1.54) is 0 Å². The summed E-state index contributed by atoms with van der Waals surface area (Å²) in [6, 6.07) is 4.50. The summed E-state index contributed by atoms with van der Waals surface area (Å²) in [5.74, 6) is 0.444. The van der Waals surface area contributed by atoms with Gasteiger partial charge in [0.25, 0.3) is 5.91 Å². The molecule has 18 heavy (non-hydrogen) atoms. The lowest BCUT2D eigenvalue weighted by molar-refractivity contribution is 0.0938. The summed E-state index contributed by atoms with van der Waals surface area (Å²) in [5.41, 5.74) is 0.422. The van der Waals surface area contributed by atoms with Gasteiger partial charge in [0.2, 0.25) is 0 Å². The van der Waals surface area contributed by atoms with E-state index >= 15 is 0 Å². The number of imidazole rings is 1. The number of nitrogens with zero attached hydrogens (tertiary/aromatic N) is 1. The Morgan fingerprint density at radius 1 is 1.33 bits per heavy atom. The highest BCUT2D eigenvalue weighted by atomic mass is 35.5. The SMILES string of the molecule is CC(NC(=O)c1cc(Cl)cc(Cl)c1)c1ncc[nH]1. The molecule has 1 aromatic heterocycles. The van der Waals surface area contributed by atoms with Crippen LogP contribution in [0.25, 0.3) is 0 Å². The number of amides is 1. The monoisotopic (exact) mass is 283 g/mol. The summed E-state index contributed by atoms with van der Waals surface area (Å²) in [5, 5.41) is 3.66. The molecular weight excluding hydrogens is 273 g/mol. The van der Waals surface area contributed by atoms with Crippen molar-refractivity contribution >= 4 is 29.1 Å². The second kappa shape index (κ2) is 5.42. The number of aromatic nitrogens is 2. The third-order valence-corrected chi connectivity index (χ3v) is 2.84. The third kappa shape index (κ3) is 3.03. The fraction of sp³-hybridized carbons (Fsp3) is 0.167. The van der Waals surface area contributed by atoms with Crippen molar-refractivity contribution in [2.75, 3.05) is 0 Å². The van der Waals surface area contributed by atoms with E-state index in [-0.39, 0.29) is 11.9 Å². The molecule has 0 radical (unpaired) electrons. The topological polar surface area (TPSA) is 57.8 Å². The van der Waals surface area contributed by atoms with E-state index in [4.69, 9.17) is 23.2 Å². The van der Waals surface area contributed by atoms with Gasteiger partial charge in [0.1, 0.15) is 5.82 Å². The van der Waals surface area contributed by atoms with Crippen molar-refractivity contribution in [3.63, 3.8) is 0 Å². The summed E-state index contributed by atoms with van der Waals surface area (Å²) >= 11 is 11.7. The molecule has 0 aliphatic rings. The summed E-state index contributed by atoms with van der Waals surface area (Å²) in [6.07, 6.45) is 3.34. The average molecular weight is 284 g/mol. The number of halogens is 2. The molecule has 94 valence electrons. The molecule has 1 heterocycles. The van der Waals surface area contributed by atoms with E-state index < -0.39 is 0 Å². The predicted molar refractivity (Wildman–Crippen MR) is 70.9 cm³/mol. The number of benzene rings is 1. The van der Waals surface area contributed by atoms with E-state index in [1.54, 1.807) is 30.6 Å². The molecule has 1 amide bonds. The lowest BCUT2D eigenvalue weighted by Gasteiger charge is -2.11. The molecule has 0 saturated carbocycles. The molecule has 2 aromatic rings. The predicted octanol–water partition coefficient (Wildman–Crippen LogP) is 3.21. The number of hydrogen-bond acceptors (Lipinski definition) is 2. The average Bonchev–Trinajstić information content (AvgIpc) is 2.80. The molecule has 0 saturated heterocycles. The molecule has 0 aliphatic heterocycles. The van der Waals surface area contributed by atoms with E-state index in [1.807, 2.05) is 6.92 Å². The van der Waals surface area contributed by atoms with E-state index in [9.17, 15) is 4.79 Å². The van der Waals surface area contributed by atoms with Gasteiger partial charge >= 0.3 is 0 Å². The number of aromatic amines is 1. The van der Waals surface area contributed by atoms with Crippen molar-refractivity contribution in [2.24, 2.45) is 0 Å². The van der Waals surface area contributed by atoms with Crippen LogP contribution < -0.4 is 5.32 Å². The van der Waals surface area contributed by atoms with Crippen LogP contribution in [0, 0.1) is 0 Å². The van der Waals surface area contributed by atoms with Crippen molar-refractivity contribution in [3.8, 4) is 0 Å². The summed E-state index contributed by atoms with van der Waals surface area (Å²) in [7, 11) is 0. The Bertz CT molecular complexity index is 534. The standard InChI is InChI=1S/C12H11Cl2N3O/c1-7(11-15-2-3-16-11)17-12(18)8-4-9(13)6-10(14)5-8/h2-7H,1H3,(H,15,16)(H,17,18). The molecule has 1 aromatic carbocycles. The Morgan fingerprint density at radius 3 is 2.56 bits per heavy atom. The largest absolute Gasteiger partial charge is 0.347 e. The van der Waals surface area contributed by atoms with E-state index in [0.717, 1.165) is 0 Å². The van der Waals surface area contributed by atoms with Crippen LogP contribution in [0.4, 0.5) is 0 Å². The Kier molecular flexibility index (Phi) is 3.89. The van der Waals surface area contributed by atoms with Crippen molar-refractivity contribution in [2.45, 2.75) is 13.0 Å². The van der Waals surface area contributed by atoms with Gasteiger partial charge in [0.15, 0.2) is 0 Å². The molecule has 1 atom stereocenters. The highest BCUT2D eigenvalue weighted by Gasteiger charge is 2.13. The summed E-state index contributed by atoms with van der Waals surface area (Å²) in [6.45, 7) is 1.84. The van der Waals surface area contributed by atoms with Gasteiger partial charge in [-0.05, 0) is 25.1 Å². The van der Waals surface area contributed by atoms with Gasteiger partial charge in [-0.15, -0.1) is 0 Å². The lowest BCUT2D eigenvalue weighted by Crippen LogP contribution is -2.27. The van der Waals surface area contributed by atoms with Crippen LogP contribution in [-0.2, 0) is 0 Å². The van der Waals surface area contributed by atoms with Crippen molar-refractivity contribution < 1.29 is 4.79 Å². The van der Waals surface area contributed by atoms with Crippen LogP contribution in [0.3, 0.4) is 0 Å². The Balaban J connectivity index is 2.12. The number of carbonyl (C=O) groups is 1. The summed E-state index contributed by atoms with van der Waals surface area (Å²) in [4.78, 5) is 19.0. The number of rotatable bonds is 3.